The lowest BCUT2D eigenvalue weighted by atomic mass is 10.3. The van der Waals surface area contributed by atoms with Gasteiger partial charge in [0.25, 0.3) is 0 Å². The minimum Gasteiger partial charge on any atom is -0.494 e. The van der Waals surface area contributed by atoms with Gasteiger partial charge in [-0.1, -0.05) is 0 Å². The first-order valence-electron chi connectivity index (χ1n) is 8.37. The van der Waals surface area contributed by atoms with Crippen molar-refractivity contribution < 1.29 is 27.9 Å². The zero-order valence-corrected chi connectivity index (χ0v) is 16.0. The molecule has 0 aliphatic carbocycles. The predicted octanol–water partition coefficient (Wildman–Crippen LogP) is 4.72. The van der Waals surface area contributed by atoms with Crippen LogP contribution in [0.3, 0.4) is 0 Å². The van der Waals surface area contributed by atoms with Crippen molar-refractivity contribution in [1.82, 2.24) is 0 Å². The van der Waals surface area contributed by atoms with Gasteiger partial charge in [-0.15, -0.1) is 0 Å². The standard InChI is InChI=1S/C19H23O6P/c1-4-22-16-6-10-18(11-7-16)24-26(21,14-15(3)20)25-19-12-8-17(9-13-19)23-5-2/h6-13H,4-5,14H2,1-3H3. The summed E-state index contributed by atoms with van der Waals surface area (Å²) in [5.74, 6) is 1.74. The zero-order chi connectivity index (χ0) is 19.0. The topological polar surface area (TPSA) is 71.1 Å². The van der Waals surface area contributed by atoms with Crippen LogP contribution in [0.15, 0.2) is 48.5 Å². The molecule has 0 fully saturated rings. The van der Waals surface area contributed by atoms with Crippen molar-refractivity contribution in [2.24, 2.45) is 0 Å². The van der Waals surface area contributed by atoms with Crippen LogP contribution in [0.25, 0.3) is 0 Å². The third-order valence-electron chi connectivity index (χ3n) is 3.17. The predicted molar refractivity (Wildman–Crippen MR) is 99.6 cm³/mol. The number of benzene rings is 2. The fourth-order valence-electron chi connectivity index (χ4n) is 2.20. The third kappa shape index (κ3) is 6.12. The van der Waals surface area contributed by atoms with Crippen molar-refractivity contribution in [3.05, 3.63) is 48.5 Å². The van der Waals surface area contributed by atoms with Crippen molar-refractivity contribution in [2.45, 2.75) is 20.8 Å². The second-order valence-corrected chi connectivity index (χ2v) is 7.37. The van der Waals surface area contributed by atoms with Gasteiger partial charge in [0.1, 0.15) is 34.9 Å². The first-order chi connectivity index (χ1) is 12.4. The minimum atomic E-state index is -3.71. The van der Waals surface area contributed by atoms with Crippen LogP contribution in [0, 0.1) is 0 Å². The highest BCUT2D eigenvalue weighted by Crippen LogP contribution is 2.48. The Hall–Kier alpha value is -2.46. The summed E-state index contributed by atoms with van der Waals surface area (Å²) in [5, 5.41) is 0. The largest absolute Gasteiger partial charge is 0.494 e. The highest BCUT2D eigenvalue weighted by molar-refractivity contribution is 7.55. The summed E-state index contributed by atoms with van der Waals surface area (Å²) in [4.78, 5) is 11.5. The van der Waals surface area contributed by atoms with Gasteiger partial charge in [0.2, 0.25) is 0 Å². The van der Waals surface area contributed by atoms with Crippen LogP contribution >= 0.6 is 7.60 Å². The molecule has 7 heteroatoms. The quantitative estimate of drug-likeness (QED) is 0.557. The average Bonchev–Trinajstić information content (AvgIpc) is 2.58. The number of carbonyl (C=O) groups excluding carboxylic acids is 1. The van der Waals surface area contributed by atoms with Gasteiger partial charge in [-0.25, -0.2) is 4.57 Å². The molecule has 0 spiro atoms. The summed E-state index contributed by atoms with van der Waals surface area (Å²) in [7, 11) is -3.71. The van der Waals surface area contributed by atoms with Crippen LogP contribution in [-0.2, 0) is 9.36 Å². The number of ketones is 1. The van der Waals surface area contributed by atoms with Crippen LogP contribution < -0.4 is 18.5 Å². The molecule has 0 saturated heterocycles. The smallest absolute Gasteiger partial charge is 0.438 e. The van der Waals surface area contributed by atoms with E-state index in [0.29, 0.717) is 36.2 Å². The van der Waals surface area contributed by atoms with Crippen LogP contribution in [0.2, 0.25) is 0 Å². The van der Waals surface area contributed by atoms with Gasteiger partial charge in [0.15, 0.2) is 0 Å². The Bertz CT molecular complexity index is 699. The van der Waals surface area contributed by atoms with E-state index in [1.165, 1.54) is 6.92 Å². The van der Waals surface area contributed by atoms with Gasteiger partial charge >= 0.3 is 7.60 Å². The van der Waals surface area contributed by atoms with E-state index >= 15 is 0 Å². The first kappa shape index (κ1) is 19.9. The Morgan fingerprint density at radius 2 is 1.12 bits per heavy atom. The van der Waals surface area contributed by atoms with E-state index in [-0.39, 0.29) is 11.9 Å². The van der Waals surface area contributed by atoms with Gasteiger partial charge in [0, 0.05) is 0 Å². The van der Waals surface area contributed by atoms with Gasteiger partial charge in [-0.05, 0) is 69.3 Å². The van der Waals surface area contributed by atoms with E-state index in [0.717, 1.165) is 0 Å². The third-order valence-corrected chi connectivity index (χ3v) is 4.99. The maximum absolute atomic E-state index is 13.1. The molecule has 26 heavy (non-hydrogen) atoms. The molecule has 0 bridgehead atoms. The molecule has 0 aliphatic heterocycles. The van der Waals surface area contributed by atoms with Crippen LogP contribution in [0.1, 0.15) is 20.8 Å². The van der Waals surface area contributed by atoms with Crippen molar-refractivity contribution >= 4 is 13.4 Å². The van der Waals surface area contributed by atoms with E-state index in [2.05, 4.69) is 0 Å². The average molecular weight is 378 g/mol. The Morgan fingerprint density at radius 1 is 0.769 bits per heavy atom. The van der Waals surface area contributed by atoms with E-state index < -0.39 is 7.60 Å². The van der Waals surface area contributed by atoms with Crippen molar-refractivity contribution in [2.75, 3.05) is 19.4 Å². The molecule has 6 nitrogen and oxygen atoms in total. The molecular weight excluding hydrogens is 355 g/mol. The number of Topliss-reactive ketones (excluding diaryl/α,β-unsaturated/α-hetero) is 1. The second kappa shape index (κ2) is 9.30. The number of ether oxygens (including phenoxy) is 2. The number of hydrogen-bond donors (Lipinski definition) is 0. The fourth-order valence-corrected chi connectivity index (χ4v) is 3.80. The summed E-state index contributed by atoms with van der Waals surface area (Å²) < 4.78 is 34.9. The maximum Gasteiger partial charge on any atom is 0.438 e. The highest BCUT2D eigenvalue weighted by atomic mass is 31.2. The van der Waals surface area contributed by atoms with Gasteiger partial charge in [-0.2, -0.15) is 0 Å². The molecule has 0 radical (unpaired) electrons. The first-order valence-corrected chi connectivity index (χ1v) is 10.1. The maximum atomic E-state index is 13.1. The summed E-state index contributed by atoms with van der Waals surface area (Å²) in [5.41, 5.74) is 0. The molecule has 0 amide bonds. The molecule has 2 rings (SSSR count). The van der Waals surface area contributed by atoms with E-state index in [1.54, 1.807) is 48.5 Å². The molecule has 0 aliphatic rings. The number of carbonyl (C=O) groups is 1. The SMILES string of the molecule is CCOc1ccc(OP(=O)(CC(C)=O)Oc2ccc(OCC)cc2)cc1. The Morgan fingerprint density at radius 3 is 1.42 bits per heavy atom. The van der Waals surface area contributed by atoms with Crippen LogP contribution in [-0.4, -0.2) is 25.2 Å². The molecule has 0 aromatic heterocycles. The number of rotatable bonds is 10. The molecule has 0 atom stereocenters. The summed E-state index contributed by atoms with van der Waals surface area (Å²) in [6.45, 7) is 6.20. The summed E-state index contributed by atoms with van der Waals surface area (Å²) >= 11 is 0. The normalized spacial score (nSPS) is 10.9. The van der Waals surface area contributed by atoms with Gasteiger partial charge in [-0.3, -0.25) is 4.79 Å². The highest BCUT2D eigenvalue weighted by Gasteiger charge is 2.30. The summed E-state index contributed by atoms with van der Waals surface area (Å²) in [6.07, 6.45) is -0.326. The molecular formula is C19H23O6P. The Kier molecular flexibility index (Phi) is 7.10. The van der Waals surface area contributed by atoms with E-state index in [4.69, 9.17) is 18.5 Å². The van der Waals surface area contributed by atoms with Crippen molar-refractivity contribution in [3.8, 4) is 23.0 Å². The van der Waals surface area contributed by atoms with Crippen LogP contribution in [0.5, 0.6) is 23.0 Å². The van der Waals surface area contributed by atoms with E-state index in [9.17, 15) is 9.36 Å². The molecule has 0 heterocycles. The lowest BCUT2D eigenvalue weighted by Crippen LogP contribution is -2.10. The molecule has 0 saturated carbocycles. The zero-order valence-electron chi connectivity index (χ0n) is 15.1. The molecule has 140 valence electrons. The summed E-state index contributed by atoms with van der Waals surface area (Å²) in [6, 6.07) is 13.3. The number of hydrogen-bond acceptors (Lipinski definition) is 6. The monoisotopic (exact) mass is 378 g/mol. The minimum absolute atomic E-state index is 0.287. The van der Waals surface area contributed by atoms with Crippen LogP contribution in [0.4, 0.5) is 0 Å². The lowest BCUT2D eigenvalue weighted by Gasteiger charge is -2.19. The lowest BCUT2D eigenvalue weighted by molar-refractivity contribution is -0.114. The molecule has 2 aromatic rings. The Labute approximate surface area is 153 Å². The molecule has 0 N–H and O–H groups in total. The van der Waals surface area contributed by atoms with Gasteiger partial charge < -0.3 is 18.5 Å². The van der Waals surface area contributed by atoms with Crippen molar-refractivity contribution in [1.29, 1.82) is 0 Å². The molecule has 2 aromatic carbocycles. The molecule has 0 unspecified atom stereocenters. The van der Waals surface area contributed by atoms with Gasteiger partial charge in [0.05, 0.1) is 13.2 Å². The fraction of sp³-hybridized carbons (Fsp3) is 0.316. The van der Waals surface area contributed by atoms with E-state index in [1.807, 2.05) is 13.8 Å². The second-order valence-electron chi connectivity index (χ2n) is 5.46. The Balaban J connectivity index is 2.15. The van der Waals surface area contributed by atoms with Crippen molar-refractivity contribution in [3.63, 3.8) is 0 Å².